The van der Waals surface area contributed by atoms with E-state index in [1.807, 2.05) is 48.5 Å². The highest BCUT2D eigenvalue weighted by Gasteiger charge is 2.33. The number of carbonyl (C=O) groups excluding carboxylic acids is 2. The van der Waals surface area contributed by atoms with Crippen molar-refractivity contribution in [3.63, 3.8) is 0 Å². The predicted molar refractivity (Wildman–Crippen MR) is 91.2 cm³/mol. The molecule has 0 saturated heterocycles. The van der Waals surface area contributed by atoms with E-state index in [0.29, 0.717) is 5.57 Å². The van der Waals surface area contributed by atoms with Crippen LogP contribution in [0, 0.1) is 0 Å². The van der Waals surface area contributed by atoms with Crippen molar-refractivity contribution in [3.8, 4) is 11.1 Å². The van der Waals surface area contributed by atoms with E-state index in [0.717, 1.165) is 22.3 Å². The second kappa shape index (κ2) is 6.71. The smallest absolute Gasteiger partial charge is 0.346 e. The third-order valence-electron chi connectivity index (χ3n) is 3.89. The molecule has 0 N–H and O–H groups in total. The average Bonchev–Trinajstić information content (AvgIpc) is 2.91. The van der Waals surface area contributed by atoms with E-state index >= 15 is 0 Å². The number of ether oxygens (including phenoxy) is 2. The van der Waals surface area contributed by atoms with Gasteiger partial charge in [-0.25, -0.2) is 9.59 Å². The van der Waals surface area contributed by atoms with E-state index in [-0.39, 0.29) is 18.8 Å². The van der Waals surface area contributed by atoms with Gasteiger partial charge in [0.05, 0.1) is 13.2 Å². The highest BCUT2D eigenvalue weighted by Crippen LogP contribution is 2.45. The minimum atomic E-state index is -0.655. The molecule has 0 amide bonds. The SMILES string of the molecule is CCOC(=O)C(C(=O)OCC)=C1c2ccccc2-c2ccccc21. The van der Waals surface area contributed by atoms with Crippen LogP contribution >= 0.6 is 0 Å². The molecule has 0 radical (unpaired) electrons. The Kier molecular flexibility index (Phi) is 4.47. The molecule has 0 aromatic heterocycles. The summed E-state index contributed by atoms with van der Waals surface area (Å²) in [5.41, 5.74) is 4.21. The molecule has 4 heteroatoms. The number of hydrogen-bond donors (Lipinski definition) is 0. The first-order chi connectivity index (χ1) is 11.7. The third kappa shape index (κ3) is 2.60. The van der Waals surface area contributed by atoms with Crippen LogP contribution in [-0.4, -0.2) is 25.2 Å². The minimum Gasteiger partial charge on any atom is -0.462 e. The number of hydrogen-bond acceptors (Lipinski definition) is 4. The maximum Gasteiger partial charge on any atom is 0.346 e. The summed E-state index contributed by atoms with van der Waals surface area (Å²) in [6, 6.07) is 15.4. The van der Waals surface area contributed by atoms with E-state index in [9.17, 15) is 9.59 Å². The van der Waals surface area contributed by atoms with Crippen LogP contribution < -0.4 is 0 Å². The van der Waals surface area contributed by atoms with Crippen molar-refractivity contribution in [2.75, 3.05) is 13.2 Å². The zero-order valence-corrected chi connectivity index (χ0v) is 13.7. The van der Waals surface area contributed by atoms with Crippen LogP contribution in [0.4, 0.5) is 0 Å². The summed E-state index contributed by atoms with van der Waals surface area (Å²) in [5.74, 6) is -1.31. The van der Waals surface area contributed by atoms with Crippen LogP contribution in [0.3, 0.4) is 0 Å². The second-order valence-electron chi connectivity index (χ2n) is 5.28. The first kappa shape index (κ1) is 16.0. The zero-order valence-electron chi connectivity index (χ0n) is 13.7. The van der Waals surface area contributed by atoms with Crippen molar-refractivity contribution in [2.45, 2.75) is 13.8 Å². The molecule has 3 rings (SSSR count). The van der Waals surface area contributed by atoms with Crippen molar-refractivity contribution in [1.82, 2.24) is 0 Å². The molecule has 0 unspecified atom stereocenters. The molecule has 4 nitrogen and oxygen atoms in total. The van der Waals surface area contributed by atoms with E-state index in [1.54, 1.807) is 13.8 Å². The van der Waals surface area contributed by atoms with Crippen molar-refractivity contribution < 1.29 is 19.1 Å². The molecular formula is C20H18O4. The zero-order chi connectivity index (χ0) is 17.1. The summed E-state index contributed by atoms with van der Waals surface area (Å²) in [6.45, 7) is 3.81. The highest BCUT2D eigenvalue weighted by atomic mass is 16.6. The van der Waals surface area contributed by atoms with Crippen LogP contribution in [0.15, 0.2) is 54.1 Å². The summed E-state index contributed by atoms with van der Waals surface area (Å²) in [6.07, 6.45) is 0. The van der Waals surface area contributed by atoms with Crippen LogP contribution in [0.2, 0.25) is 0 Å². The van der Waals surface area contributed by atoms with Crippen LogP contribution in [-0.2, 0) is 19.1 Å². The van der Waals surface area contributed by atoms with Crippen molar-refractivity contribution >= 4 is 17.5 Å². The van der Waals surface area contributed by atoms with Crippen molar-refractivity contribution in [3.05, 3.63) is 65.2 Å². The average molecular weight is 322 g/mol. The van der Waals surface area contributed by atoms with Gasteiger partial charge in [-0.1, -0.05) is 48.5 Å². The molecule has 24 heavy (non-hydrogen) atoms. The first-order valence-electron chi connectivity index (χ1n) is 7.96. The van der Waals surface area contributed by atoms with Gasteiger partial charge in [0.15, 0.2) is 5.57 Å². The maximum atomic E-state index is 12.5. The van der Waals surface area contributed by atoms with Gasteiger partial charge in [0.2, 0.25) is 0 Å². The Labute approximate surface area is 140 Å². The van der Waals surface area contributed by atoms with Crippen molar-refractivity contribution in [1.29, 1.82) is 0 Å². The number of carbonyl (C=O) groups is 2. The molecule has 2 aromatic rings. The lowest BCUT2D eigenvalue weighted by atomic mass is 9.98. The summed E-state index contributed by atoms with van der Waals surface area (Å²) in [4.78, 5) is 25.0. The van der Waals surface area contributed by atoms with Gasteiger partial charge in [0.1, 0.15) is 0 Å². The summed E-state index contributed by atoms with van der Waals surface area (Å²) in [7, 11) is 0. The molecule has 0 saturated carbocycles. The van der Waals surface area contributed by atoms with Gasteiger partial charge in [-0.2, -0.15) is 0 Å². The molecule has 0 heterocycles. The second-order valence-corrected chi connectivity index (χ2v) is 5.28. The highest BCUT2D eigenvalue weighted by molar-refractivity contribution is 6.24. The standard InChI is InChI=1S/C20H18O4/c1-3-23-19(21)18(20(22)24-4-2)17-15-11-7-5-9-13(15)14-10-6-8-12-16(14)17/h5-12H,3-4H2,1-2H3. The Morgan fingerprint density at radius 3 is 1.46 bits per heavy atom. The van der Waals surface area contributed by atoms with E-state index < -0.39 is 11.9 Å². The molecular weight excluding hydrogens is 304 g/mol. The van der Waals surface area contributed by atoms with Gasteiger partial charge >= 0.3 is 11.9 Å². The number of rotatable bonds is 4. The molecule has 0 bridgehead atoms. The molecule has 1 aliphatic carbocycles. The van der Waals surface area contributed by atoms with Crippen LogP contribution in [0.1, 0.15) is 25.0 Å². The summed E-state index contributed by atoms with van der Waals surface area (Å²) < 4.78 is 10.2. The Balaban J connectivity index is 2.31. The van der Waals surface area contributed by atoms with Crippen LogP contribution in [0.5, 0.6) is 0 Å². The quantitative estimate of drug-likeness (QED) is 0.319. The van der Waals surface area contributed by atoms with E-state index in [1.165, 1.54) is 0 Å². The molecule has 122 valence electrons. The monoisotopic (exact) mass is 322 g/mol. The maximum absolute atomic E-state index is 12.5. The van der Waals surface area contributed by atoms with Gasteiger partial charge < -0.3 is 9.47 Å². The largest absolute Gasteiger partial charge is 0.462 e. The third-order valence-corrected chi connectivity index (χ3v) is 3.89. The molecule has 0 atom stereocenters. The topological polar surface area (TPSA) is 52.6 Å². The van der Waals surface area contributed by atoms with Gasteiger partial charge in [-0.15, -0.1) is 0 Å². The lowest BCUT2D eigenvalue weighted by molar-refractivity contribution is -0.146. The fraction of sp³-hybridized carbons (Fsp3) is 0.200. The van der Waals surface area contributed by atoms with E-state index in [4.69, 9.17) is 9.47 Å². The van der Waals surface area contributed by atoms with Gasteiger partial charge in [-0.3, -0.25) is 0 Å². The number of esters is 2. The molecule has 2 aromatic carbocycles. The molecule has 0 aliphatic heterocycles. The van der Waals surface area contributed by atoms with Gasteiger partial charge in [0.25, 0.3) is 0 Å². The van der Waals surface area contributed by atoms with Gasteiger partial charge in [0, 0.05) is 5.57 Å². The summed E-state index contributed by atoms with van der Waals surface area (Å²) in [5, 5.41) is 0. The van der Waals surface area contributed by atoms with Crippen molar-refractivity contribution in [2.24, 2.45) is 0 Å². The predicted octanol–water partition coefficient (Wildman–Crippen LogP) is 3.60. The normalized spacial score (nSPS) is 11.5. The van der Waals surface area contributed by atoms with Gasteiger partial charge in [-0.05, 0) is 36.1 Å². The Morgan fingerprint density at radius 2 is 1.08 bits per heavy atom. The number of benzene rings is 2. The summed E-state index contributed by atoms with van der Waals surface area (Å²) >= 11 is 0. The first-order valence-corrected chi connectivity index (χ1v) is 7.96. The minimum absolute atomic E-state index is 0.0453. The molecule has 0 spiro atoms. The fourth-order valence-electron chi connectivity index (χ4n) is 2.98. The lowest BCUT2D eigenvalue weighted by Crippen LogP contribution is -2.20. The lowest BCUT2D eigenvalue weighted by Gasteiger charge is -2.11. The molecule has 0 fully saturated rings. The fourth-order valence-corrected chi connectivity index (χ4v) is 2.98. The Bertz CT molecular complexity index is 766. The van der Waals surface area contributed by atoms with Crippen LogP contribution in [0.25, 0.3) is 16.7 Å². The molecule has 1 aliphatic rings. The number of fused-ring (bicyclic) bond motifs is 3. The Hall–Kier alpha value is -2.88. The Morgan fingerprint density at radius 1 is 0.708 bits per heavy atom. The van der Waals surface area contributed by atoms with E-state index in [2.05, 4.69) is 0 Å².